The van der Waals surface area contributed by atoms with Gasteiger partial charge < -0.3 is 14.6 Å². The van der Waals surface area contributed by atoms with Crippen molar-refractivity contribution in [2.24, 2.45) is 46.3 Å². The van der Waals surface area contributed by atoms with Gasteiger partial charge in [-0.1, -0.05) is 20.8 Å². The first-order valence-electron chi connectivity index (χ1n) is 13.7. The topological polar surface area (TPSA) is 55.8 Å². The first-order chi connectivity index (χ1) is 15.3. The molecule has 4 aliphatic rings. The standard InChI is InChI=1S/C28H48O4/c1-5-31-16-17-32-21-12-14-27(3)20(18-21)7-8-22-24-10-9-23(19(2)6-11-26(29)30)28(24,4)15-13-25(22)27/h19-25H,5-18H2,1-4H3,(H,29,30). The fourth-order valence-corrected chi connectivity index (χ4v) is 9.32. The van der Waals surface area contributed by atoms with E-state index in [2.05, 4.69) is 20.8 Å². The van der Waals surface area contributed by atoms with Crippen LogP contribution in [0.5, 0.6) is 0 Å². The molecule has 184 valence electrons. The van der Waals surface area contributed by atoms with E-state index in [0.717, 1.165) is 49.9 Å². The van der Waals surface area contributed by atoms with Crippen LogP contribution in [0.4, 0.5) is 0 Å². The molecule has 4 aliphatic carbocycles. The summed E-state index contributed by atoms with van der Waals surface area (Å²) in [6, 6.07) is 0. The molecule has 4 heteroatoms. The number of hydrogen-bond acceptors (Lipinski definition) is 3. The van der Waals surface area contributed by atoms with Crippen LogP contribution in [0.3, 0.4) is 0 Å². The van der Waals surface area contributed by atoms with Crippen molar-refractivity contribution in [2.75, 3.05) is 19.8 Å². The van der Waals surface area contributed by atoms with E-state index in [1.54, 1.807) is 0 Å². The van der Waals surface area contributed by atoms with Crippen molar-refractivity contribution < 1.29 is 19.4 Å². The van der Waals surface area contributed by atoms with Crippen LogP contribution >= 0.6 is 0 Å². The largest absolute Gasteiger partial charge is 0.481 e. The predicted octanol–water partition coefficient (Wildman–Crippen LogP) is 6.57. The van der Waals surface area contributed by atoms with Gasteiger partial charge in [0, 0.05) is 13.0 Å². The average molecular weight is 449 g/mol. The third kappa shape index (κ3) is 4.52. The fourth-order valence-electron chi connectivity index (χ4n) is 9.32. The second-order valence-electron chi connectivity index (χ2n) is 12.3. The van der Waals surface area contributed by atoms with Crippen molar-refractivity contribution in [1.29, 1.82) is 0 Å². The Balaban J connectivity index is 1.39. The molecule has 9 unspecified atom stereocenters. The summed E-state index contributed by atoms with van der Waals surface area (Å²) in [5, 5.41) is 9.17. The van der Waals surface area contributed by atoms with Gasteiger partial charge in [-0.05, 0) is 117 Å². The van der Waals surface area contributed by atoms with E-state index in [9.17, 15) is 4.79 Å². The summed E-state index contributed by atoms with van der Waals surface area (Å²) < 4.78 is 11.7. The Kier molecular flexibility index (Phi) is 7.61. The Morgan fingerprint density at radius 2 is 1.75 bits per heavy atom. The molecular formula is C28H48O4. The molecule has 4 nitrogen and oxygen atoms in total. The maximum Gasteiger partial charge on any atom is 0.303 e. The van der Waals surface area contributed by atoms with E-state index in [-0.39, 0.29) is 0 Å². The van der Waals surface area contributed by atoms with Crippen LogP contribution in [0.25, 0.3) is 0 Å². The molecule has 0 bridgehead atoms. The molecular weight excluding hydrogens is 400 g/mol. The van der Waals surface area contributed by atoms with Gasteiger partial charge in [0.05, 0.1) is 19.3 Å². The van der Waals surface area contributed by atoms with Crippen LogP contribution < -0.4 is 0 Å². The van der Waals surface area contributed by atoms with Gasteiger partial charge in [-0.3, -0.25) is 4.79 Å². The first kappa shape index (κ1) is 24.5. The number of ether oxygens (including phenoxy) is 2. The minimum atomic E-state index is -0.635. The lowest BCUT2D eigenvalue weighted by molar-refractivity contribution is -0.140. The second kappa shape index (κ2) is 9.94. The summed E-state index contributed by atoms with van der Waals surface area (Å²) in [5.74, 6) is 4.08. The summed E-state index contributed by atoms with van der Waals surface area (Å²) >= 11 is 0. The molecule has 32 heavy (non-hydrogen) atoms. The number of aliphatic carboxylic acids is 1. The van der Waals surface area contributed by atoms with Gasteiger partial charge in [0.25, 0.3) is 0 Å². The molecule has 4 rings (SSSR count). The van der Waals surface area contributed by atoms with Crippen molar-refractivity contribution in [2.45, 2.75) is 104 Å². The highest BCUT2D eigenvalue weighted by atomic mass is 16.5. The van der Waals surface area contributed by atoms with Gasteiger partial charge in [-0.15, -0.1) is 0 Å². The Morgan fingerprint density at radius 1 is 1.00 bits per heavy atom. The smallest absolute Gasteiger partial charge is 0.303 e. The second-order valence-corrected chi connectivity index (χ2v) is 12.3. The summed E-state index contributed by atoms with van der Waals surface area (Å²) in [7, 11) is 0. The number of carboxylic acids is 1. The lowest BCUT2D eigenvalue weighted by atomic mass is 9.44. The number of carboxylic acid groups (broad SMARTS) is 1. The van der Waals surface area contributed by atoms with Crippen LogP contribution in [0.1, 0.15) is 98.3 Å². The van der Waals surface area contributed by atoms with Crippen LogP contribution in [-0.2, 0) is 14.3 Å². The minimum Gasteiger partial charge on any atom is -0.481 e. The highest BCUT2D eigenvalue weighted by molar-refractivity contribution is 5.66. The molecule has 9 atom stereocenters. The van der Waals surface area contributed by atoms with E-state index in [1.807, 2.05) is 6.92 Å². The van der Waals surface area contributed by atoms with E-state index < -0.39 is 5.97 Å². The molecule has 0 aromatic rings. The molecule has 0 heterocycles. The summed E-state index contributed by atoms with van der Waals surface area (Å²) in [6.45, 7) is 11.8. The minimum absolute atomic E-state index is 0.331. The van der Waals surface area contributed by atoms with Gasteiger partial charge in [0.15, 0.2) is 0 Å². The van der Waals surface area contributed by atoms with Gasteiger partial charge in [0.1, 0.15) is 0 Å². The maximum absolute atomic E-state index is 11.1. The fraction of sp³-hybridized carbons (Fsp3) is 0.964. The molecule has 0 spiro atoms. The van der Waals surface area contributed by atoms with Crippen LogP contribution in [-0.4, -0.2) is 37.0 Å². The van der Waals surface area contributed by atoms with Crippen molar-refractivity contribution in [3.8, 4) is 0 Å². The summed E-state index contributed by atoms with van der Waals surface area (Å²) in [5.41, 5.74) is 0.929. The molecule has 0 amide bonds. The normalized spacial score (nSPS) is 44.4. The zero-order valence-corrected chi connectivity index (χ0v) is 21.1. The zero-order valence-electron chi connectivity index (χ0n) is 21.1. The third-order valence-electron chi connectivity index (χ3n) is 11.0. The molecule has 4 fully saturated rings. The van der Waals surface area contributed by atoms with Crippen LogP contribution in [0.2, 0.25) is 0 Å². The first-order valence-corrected chi connectivity index (χ1v) is 13.7. The Labute approximate surface area is 196 Å². The maximum atomic E-state index is 11.1. The Hall–Kier alpha value is -0.610. The Morgan fingerprint density at radius 3 is 2.50 bits per heavy atom. The van der Waals surface area contributed by atoms with Gasteiger partial charge in [-0.2, -0.15) is 0 Å². The van der Waals surface area contributed by atoms with E-state index in [4.69, 9.17) is 14.6 Å². The number of carbonyl (C=O) groups is 1. The summed E-state index contributed by atoms with van der Waals surface area (Å²) in [6.07, 6.45) is 13.7. The highest BCUT2D eigenvalue weighted by Gasteiger charge is 2.60. The molecule has 1 N–H and O–H groups in total. The third-order valence-corrected chi connectivity index (χ3v) is 11.0. The quantitative estimate of drug-likeness (QED) is 0.405. The van der Waals surface area contributed by atoms with Crippen molar-refractivity contribution in [1.82, 2.24) is 0 Å². The van der Waals surface area contributed by atoms with Crippen LogP contribution in [0.15, 0.2) is 0 Å². The van der Waals surface area contributed by atoms with E-state index >= 15 is 0 Å². The van der Waals surface area contributed by atoms with Crippen molar-refractivity contribution >= 4 is 5.97 Å². The van der Waals surface area contributed by atoms with Gasteiger partial charge >= 0.3 is 5.97 Å². The number of rotatable bonds is 9. The molecule has 0 aromatic heterocycles. The van der Waals surface area contributed by atoms with Crippen molar-refractivity contribution in [3.05, 3.63) is 0 Å². The molecule has 0 aromatic carbocycles. The van der Waals surface area contributed by atoms with E-state index in [0.29, 0.717) is 35.2 Å². The van der Waals surface area contributed by atoms with Crippen LogP contribution in [0, 0.1) is 46.3 Å². The van der Waals surface area contributed by atoms with Crippen molar-refractivity contribution in [3.63, 3.8) is 0 Å². The lowest BCUT2D eigenvalue weighted by Gasteiger charge is -2.61. The van der Waals surface area contributed by atoms with Gasteiger partial charge in [0.2, 0.25) is 0 Å². The molecule has 0 aliphatic heterocycles. The predicted molar refractivity (Wildman–Crippen MR) is 127 cm³/mol. The molecule has 4 saturated carbocycles. The Bertz CT molecular complexity index is 649. The monoisotopic (exact) mass is 448 g/mol. The van der Waals surface area contributed by atoms with Gasteiger partial charge in [-0.25, -0.2) is 0 Å². The zero-order chi connectivity index (χ0) is 22.9. The SMILES string of the molecule is CCOCCOC1CCC2(C)C(CCC3C2CCC2(C)C(C(C)CCC(=O)O)CCC32)C1. The van der Waals surface area contributed by atoms with E-state index in [1.165, 1.54) is 57.8 Å². The number of fused-ring (bicyclic) bond motifs is 5. The highest BCUT2D eigenvalue weighted by Crippen LogP contribution is 2.68. The lowest BCUT2D eigenvalue weighted by Crippen LogP contribution is -2.54. The summed E-state index contributed by atoms with van der Waals surface area (Å²) in [4.78, 5) is 11.1. The molecule has 0 radical (unpaired) electrons. The molecule has 0 saturated heterocycles. The number of hydrogen-bond donors (Lipinski definition) is 1. The average Bonchev–Trinajstić information content (AvgIpc) is 3.12.